The molecule has 0 N–H and O–H groups in total. The van der Waals surface area contributed by atoms with Gasteiger partial charge >= 0.3 is 6.09 Å². The summed E-state index contributed by atoms with van der Waals surface area (Å²) in [5, 5.41) is 9.79. The van der Waals surface area contributed by atoms with Crippen LogP contribution in [-0.4, -0.2) is 53.6 Å². The van der Waals surface area contributed by atoms with Crippen LogP contribution in [0.1, 0.15) is 67.3 Å². The maximum Gasteiger partial charge on any atom is 0.410 e. The van der Waals surface area contributed by atoms with Crippen LogP contribution < -0.4 is 4.74 Å². The number of carbonyl (C=O) groups excluding carboxylic acids is 2. The van der Waals surface area contributed by atoms with E-state index in [0.717, 1.165) is 16.7 Å². The van der Waals surface area contributed by atoms with E-state index in [4.69, 9.17) is 21.1 Å². The number of thiophene rings is 1. The highest BCUT2D eigenvalue weighted by atomic mass is 35.5. The van der Waals surface area contributed by atoms with Gasteiger partial charge in [0, 0.05) is 41.3 Å². The molecule has 1 aliphatic carbocycles. The zero-order valence-electron chi connectivity index (χ0n) is 26.6. The number of nitriles is 1. The first-order valence-corrected chi connectivity index (χ1v) is 16.4. The molecule has 2 amide bonds. The summed E-state index contributed by atoms with van der Waals surface area (Å²) in [6.07, 6.45) is 2.28. The fourth-order valence-electron chi connectivity index (χ4n) is 5.98. The zero-order valence-corrected chi connectivity index (χ0v) is 28.2. The summed E-state index contributed by atoms with van der Waals surface area (Å²) in [5.41, 5.74) is 2.48. The van der Waals surface area contributed by atoms with E-state index in [1.807, 2.05) is 62.1 Å². The number of rotatable bonds is 7. The monoisotopic (exact) mass is 661 g/mol. The molecule has 5 rings (SSSR count). The quantitative estimate of drug-likeness (QED) is 0.197. The van der Waals surface area contributed by atoms with Gasteiger partial charge in [0.25, 0.3) is 5.91 Å². The van der Waals surface area contributed by atoms with Crippen molar-refractivity contribution in [2.45, 2.75) is 70.7 Å². The molecule has 4 aromatic rings. The summed E-state index contributed by atoms with van der Waals surface area (Å²) < 4.78 is 26.7. The molecule has 10 heteroatoms. The Morgan fingerprint density at radius 3 is 2.35 bits per heavy atom. The number of nitrogens with zero attached hydrogens (tertiary/aromatic N) is 3. The maximum atomic E-state index is 14.8. The van der Waals surface area contributed by atoms with Gasteiger partial charge in [0.05, 0.1) is 23.8 Å². The van der Waals surface area contributed by atoms with Gasteiger partial charge < -0.3 is 19.3 Å². The molecule has 0 bridgehead atoms. The highest BCUT2D eigenvalue weighted by Gasteiger charge is 2.35. The normalized spacial score (nSPS) is 16.5. The third-order valence-electron chi connectivity index (χ3n) is 8.34. The first-order chi connectivity index (χ1) is 21.9. The molecular formula is C36H37ClFN3O4S. The van der Waals surface area contributed by atoms with Crippen LogP contribution in [0, 0.1) is 17.1 Å². The van der Waals surface area contributed by atoms with Crippen molar-refractivity contribution in [2.75, 3.05) is 14.2 Å². The Bertz CT molecular complexity index is 1800. The van der Waals surface area contributed by atoms with Crippen molar-refractivity contribution in [3.63, 3.8) is 0 Å². The summed E-state index contributed by atoms with van der Waals surface area (Å²) >= 11 is 7.89. The average molecular weight is 662 g/mol. The van der Waals surface area contributed by atoms with E-state index in [9.17, 15) is 19.2 Å². The summed E-state index contributed by atoms with van der Waals surface area (Å²) in [6, 6.07) is 19.8. The van der Waals surface area contributed by atoms with Crippen LogP contribution in [0.3, 0.4) is 0 Å². The number of hydrogen-bond donors (Lipinski definition) is 0. The summed E-state index contributed by atoms with van der Waals surface area (Å²) in [7, 11) is 3.34. The maximum absolute atomic E-state index is 14.8. The highest BCUT2D eigenvalue weighted by molar-refractivity contribution is 7.21. The van der Waals surface area contributed by atoms with Crippen molar-refractivity contribution in [3.8, 4) is 22.9 Å². The topological polar surface area (TPSA) is 82.9 Å². The number of methoxy groups -OCH3 is 1. The summed E-state index contributed by atoms with van der Waals surface area (Å²) in [6.45, 7) is 5.74. The number of benzene rings is 3. The van der Waals surface area contributed by atoms with Crippen LogP contribution in [0.2, 0.25) is 5.02 Å². The number of amides is 2. The predicted molar refractivity (Wildman–Crippen MR) is 180 cm³/mol. The third-order valence-corrected chi connectivity index (χ3v) is 9.98. The Morgan fingerprint density at radius 1 is 1.02 bits per heavy atom. The Balaban J connectivity index is 1.48. The second-order valence-electron chi connectivity index (χ2n) is 12.6. The minimum Gasteiger partial charge on any atom is -0.496 e. The van der Waals surface area contributed by atoms with Crippen LogP contribution in [0.25, 0.3) is 21.2 Å². The first kappa shape index (κ1) is 33.2. The molecule has 0 atom stereocenters. The van der Waals surface area contributed by atoms with Crippen LogP contribution in [0.5, 0.6) is 5.75 Å². The Morgan fingerprint density at radius 2 is 1.70 bits per heavy atom. The molecule has 1 fully saturated rings. The van der Waals surface area contributed by atoms with Crippen molar-refractivity contribution in [3.05, 3.63) is 87.5 Å². The largest absolute Gasteiger partial charge is 0.496 e. The number of halogens is 2. The number of hydrogen-bond acceptors (Lipinski definition) is 6. The van der Waals surface area contributed by atoms with Crippen LogP contribution in [0.15, 0.2) is 60.7 Å². The van der Waals surface area contributed by atoms with Crippen LogP contribution in [-0.2, 0) is 11.3 Å². The molecule has 1 aromatic heterocycles. The van der Waals surface area contributed by atoms with Crippen LogP contribution in [0.4, 0.5) is 9.18 Å². The lowest BCUT2D eigenvalue weighted by atomic mass is 9.89. The summed E-state index contributed by atoms with van der Waals surface area (Å²) in [5.74, 6) is -0.137. The van der Waals surface area contributed by atoms with Gasteiger partial charge in [-0.05, 0) is 94.0 Å². The summed E-state index contributed by atoms with van der Waals surface area (Å²) in [4.78, 5) is 31.0. The molecule has 0 saturated heterocycles. The second kappa shape index (κ2) is 13.7. The molecule has 1 saturated carbocycles. The van der Waals surface area contributed by atoms with E-state index in [2.05, 4.69) is 6.07 Å². The number of ether oxygens (including phenoxy) is 2. The Hall–Kier alpha value is -4.13. The van der Waals surface area contributed by atoms with E-state index >= 15 is 0 Å². The highest BCUT2D eigenvalue weighted by Crippen LogP contribution is 2.40. The molecule has 3 aromatic carbocycles. The van der Waals surface area contributed by atoms with Gasteiger partial charge in [0.15, 0.2) is 0 Å². The fourth-order valence-corrected chi connectivity index (χ4v) is 7.49. The third kappa shape index (κ3) is 7.14. The molecule has 7 nitrogen and oxygen atoms in total. The van der Waals surface area contributed by atoms with Gasteiger partial charge in [-0.3, -0.25) is 4.79 Å². The molecule has 0 spiro atoms. The SMILES string of the molecule is COc1ccc(-c2cccc(C#N)c2)cc1CN(C(=O)c1sc2cccc(F)c2c1Cl)[C@H]1CC[C@H](N(C)C(=O)OC(C)(C)C)CC1. The second-order valence-corrected chi connectivity index (χ2v) is 14.0. The van der Waals surface area contributed by atoms with Crippen LogP contribution >= 0.6 is 22.9 Å². The smallest absolute Gasteiger partial charge is 0.410 e. The van der Waals surface area contributed by atoms with Crippen molar-refractivity contribution in [2.24, 2.45) is 0 Å². The minimum atomic E-state index is -0.599. The molecular weight excluding hydrogens is 625 g/mol. The van der Waals surface area contributed by atoms with E-state index in [1.165, 1.54) is 17.4 Å². The van der Waals surface area contributed by atoms with Crippen molar-refractivity contribution >= 4 is 45.0 Å². The molecule has 0 unspecified atom stereocenters. The van der Waals surface area contributed by atoms with Gasteiger partial charge in [-0.1, -0.05) is 35.9 Å². The first-order valence-electron chi connectivity index (χ1n) is 15.2. The molecule has 240 valence electrons. The zero-order chi connectivity index (χ0) is 33.2. The fraction of sp³-hybridized carbons (Fsp3) is 0.361. The molecule has 0 aliphatic heterocycles. The average Bonchev–Trinajstić information content (AvgIpc) is 3.39. The standard InChI is InChI=1S/C36H37ClFN3O4S/c1-36(2,3)45-35(43)40(4)26-13-15-27(16-14-26)41(34(42)33-32(37)31-28(38)10-7-11-30(31)46-33)21-25-19-24(12-17-29(25)44-5)23-9-6-8-22(18-23)20-39/h6-12,17-19,26-27H,13-16,21H2,1-5H3/t26-,27-. The van der Waals surface area contributed by atoms with Crippen molar-refractivity contribution in [1.82, 2.24) is 9.80 Å². The van der Waals surface area contributed by atoms with Gasteiger partial charge in [-0.25, -0.2) is 9.18 Å². The number of carbonyl (C=O) groups is 2. The van der Waals surface area contributed by atoms with Gasteiger partial charge in [0.1, 0.15) is 22.0 Å². The molecule has 46 heavy (non-hydrogen) atoms. The molecule has 1 heterocycles. The van der Waals surface area contributed by atoms with E-state index in [0.29, 0.717) is 41.7 Å². The van der Waals surface area contributed by atoms with E-state index in [1.54, 1.807) is 37.3 Å². The van der Waals surface area contributed by atoms with Gasteiger partial charge in [-0.2, -0.15) is 5.26 Å². The molecule has 0 radical (unpaired) electrons. The van der Waals surface area contributed by atoms with Gasteiger partial charge in [-0.15, -0.1) is 11.3 Å². The Kier molecular flexibility index (Phi) is 9.90. The minimum absolute atomic E-state index is 0.0321. The van der Waals surface area contributed by atoms with Gasteiger partial charge in [0.2, 0.25) is 0 Å². The Labute approximate surface area is 278 Å². The lowest BCUT2D eigenvalue weighted by molar-refractivity contribution is 0.0144. The van der Waals surface area contributed by atoms with E-state index in [-0.39, 0.29) is 45.9 Å². The molecule has 1 aliphatic rings. The number of fused-ring (bicyclic) bond motifs is 1. The predicted octanol–water partition coefficient (Wildman–Crippen LogP) is 9.06. The van der Waals surface area contributed by atoms with Crippen molar-refractivity contribution < 1.29 is 23.5 Å². The lowest BCUT2D eigenvalue weighted by Gasteiger charge is -2.40. The lowest BCUT2D eigenvalue weighted by Crippen LogP contribution is -2.47. The van der Waals surface area contributed by atoms with E-state index < -0.39 is 11.4 Å². The van der Waals surface area contributed by atoms with Crippen molar-refractivity contribution in [1.29, 1.82) is 5.26 Å².